The van der Waals surface area contributed by atoms with Crippen LogP contribution in [0.2, 0.25) is 0 Å². The van der Waals surface area contributed by atoms with Gasteiger partial charge < -0.3 is 10.6 Å². The number of hydrogen-bond donors (Lipinski definition) is 2. The number of nitrogens with zero attached hydrogens (tertiary/aromatic N) is 2. The quantitative estimate of drug-likeness (QED) is 0.841. The van der Waals surface area contributed by atoms with Gasteiger partial charge in [0.2, 0.25) is 5.91 Å². The van der Waals surface area contributed by atoms with Gasteiger partial charge in [0.15, 0.2) is 0 Å². The van der Waals surface area contributed by atoms with E-state index in [4.69, 9.17) is 0 Å². The summed E-state index contributed by atoms with van der Waals surface area (Å²) in [6.07, 6.45) is 3.19. The summed E-state index contributed by atoms with van der Waals surface area (Å²) in [4.78, 5) is 12.3. The van der Waals surface area contributed by atoms with Crippen molar-refractivity contribution in [1.29, 1.82) is 0 Å². The predicted molar refractivity (Wildman–Crippen MR) is 98.6 cm³/mol. The number of aryl methyl sites for hydroxylation is 2. The van der Waals surface area contributed by atoms with E-state index in [-0.39, 0.29) is 36.6 Å². The Kier molecular flexibility index (Phi) is 9.82. The van der Waals surface area contributed by atoms with E-state index in [1.165, 1.54) is 18.4 Å². The standard InChI is InChI=1S/C16H28N4O.2ClH/c1-11(8-15-12(2)19-20(4)13(15)3)16(21)18-10-14-6-5-7-17-9-14;;/h11,14,17H,5-10H2,1-4H3,(H,18,21);2*1H. The van der Waals surface area contributed by atoms with E-state index in [2.05, 4.69) is 22.7 Å². The van der Waals surface area contributed by atoms with Gasteiger partial charge in [-0.05, 0) is 57.7 Å². The van der Waals surface area contributed by atoms with Crippen molar-refractivity contribution in [2.45, 2.75) is 40.0 Å². The van der Waals surface area contributed by atoms with Crippen LogP contribution in [0.25, 0.3) is 0 Å². The molecule has 1 aromatic rings. The molecule has 0 aliphatic carbocycles. The Labute approximate surface area is 151 Å². The highest BCUT2D eigenvalue weighted by Crippen LogP contribution is 2.17. The molecule has 1 saturated heterocycles. The average Bonchev–Trinajstić information content (AvgIpc) is 2.72. The summed E-state index contributed by atoms with van der Waals surface area (Å²) in [5.74, 6) is 0.725. The second-order valence-electron chi connectivity index (χ2n) is 6.34. The zero-order chi connectivity index (χ0) is 15.4. The smallest absolute Gasteiger partial charge is 0.223 e. The van der Waals surface area contributed by atoms with E-state index in [1.807, 2.05) is 25.6 Å². The third-order valence-electron chi connectivity index (χ3n) is 4.58. The summed E-state index contributed by atoms with van der Waals surface area (Å²) in [6, 6.07) is 0. The first-order valence-electron chi connectivity index (χ1n) is 7.96. The van der Waals surface area contributed by atoms with Crippen molar-refractivity contribution in [3.63, 3.8) is 0 Å². The zero-order valence-electron chi connectivity index (χ0n) is 14.5. The summed E-state index contributed by atoms with van der Waals surface area (Å²) in [5, 5.41) is 10.9. The number of amides is 1. The van der Waals surface area contributed by atoms with Crippen molar-refractivity contribution in [2.75, 3.05) is 19.6 Å². The molecule has 1 aliphatic heterocycles. The first kappa shape index (κ1) is 22.2. The van der Waals surface area contributed by atoms with E-state index >= 15 is 0 Å². The molecule has 2 N–H and O–H groups in total. The van der Waals surface area contributed by atoms with Gasteiger partial charge in [-0.15, -0.1) is 24.8 Å². The number of hydrogen-bond acceptors (Lipinski definition) is 3. The second kappa shape index (κ2) is 10.2. The highest BCUT2D eigenvalue weighted by molar-refractivity contribution is 5.85. The lowest BCUT2D eigenvalue weighted by atomic mass is 9.97. The van der Waals surface area contributed by atoms with Crippen molar-refractivity contribution < 1.29 is 4.79 Å². The number of rotatable bonds is 5. The Hall–Kier alpha value is -0.780. The minimum absolute atomic E-state index is 0. The minimum Gasteiger partial charge on any atom is -0.356 e. The Morgan fingerprint density at radius 3 is 2.65 bits per heavy atom. The van der Waals surface area contributed by atoms with Crippen LogP contribution in [0, 0.1) is 25.7 Å². The van der Waals surface area contributed by atoms with Crippen LogP contribution in [0.15, 0.2) is 0 Å². The number of carbonyl (C=O) groups is 1. The number of piperidine rings is 1. The van der Waals surface area contributed by atoms with E-state index in [0.29, 0.717) is 5.92 Å². The molecule has 0 aromatic carbocycles. The van der Waals surface area contributed by atoms with Crippen molar-refractivity contribution in [1.82, 2.24) is 20.4 Å². The minimum atomic E-state index is -0.0110. The molecule has 1 aromatic heterocycles. The van der Waals surface area contributed by atoms with Crippen LogP contribution in [-0.4, -0.2) is 35.3 Å². The lowest BCUT2D eigenvalue weighted by Crippen LogP contribution is -2.40. The predicted octanol–water partition coefficient (Wildman–Crippen LogP) is 2.17. The maximum atomic E-state index is 12.3. The zero-order valence-corrected chi connectivity index (χ0v) is 16.1. The van der Waals surface area contributed by atoms with Crippen molar-refractivity contribution in [2.24, 2.45) is 18.9 Å². The fraction of sp³-hybridized carbons (Fsp3) is 0.750. The first-order chi connectivity index (χ1) is 9.99. The summed E-state index contributed by atoms with van der Waals surface area (Å²) in [6.45, 7) is 9.01. The van der Waals surface area contributed by atoms with Gasteiger partial charge in [0.05, 0.1) is 5.69 Å². The SMILES string of the molecule is Cc1nn(C)c(C)c1CC(C)C(=O)NCC1CCCNC1.Cl.Cl. The summed E-state index contributed by atoms with van der Waals surface area (Å²) in [5.41, 5.74) is 3.40. The van der Waals surface area contributed by atoms with Crippen LogP contribution in [0.1, 0.15) is 36.7 Å². The monoisotopic (exact) mass is 364 g/mol. The van der Waals surface area contributed by atoms with Crippen molar-refractivity contribution in [3.05, 3.63) is 17.0 Å². The van der Waals surface area contributed by atoms with Crippen molar-refractivity contribution >= 4 is 30.7 Å². The fourth-order valence-corrected chi connectivity index (χ4v) is 3.03. The maximum absolute atomic E-state index is 12.3. The molecule has 2 heterocycles. The molecule has 0 bridgehead atoms. The number of aromatic nitrogens is 2. The van der Waals surface area contributed by atoms with E-state index in [0.717, 1.165) is 37.4 Å². The van der Waals surface area contributed by atoms with Gasteiger partial charge in [-0.2, -0.15) is 5.10 Å². The van der Waals surface area contributed by atoms with E-state index in [9.17, 15) is 4.79 Å². The average molecular weight is 365 g/mol. The first-order valence-corrected chi connectivity index (χ1v) is 7.96. The lowest BCUT2D eigenvalue weighted by Gasteiger charge is -2.23. The molecular formula is C16H30Cl2N4O. The Bertz CT molecular complexity index is 499. The Morgan fingerprint density at radius 1 is 1.43 bits per heavy atom. The van der Waals surface area contributed by atoms with Gasteiger partial charge in [0, 0.05) is 25.2 Å². The van der Waals surface area contributed by atoms with Crippen LogP contribution < -0.4 is 10.6 Å². The third kappa shape index (κ3) is 5.98. The van der Waals surface area contributed by atoms with Crippen LogP contribution in [0.5, 0.6) is 0 Å². The highest BCUT2D eigenvalue weighted by Gasteiger charge is 2.20. The van der Waals surface area contributed by atoms with E-state index < -0.39 is 0 Å². The lowest BCUT2D eigenvalue weighted by molar-refractivity contribution is -0.124. The maximum Gasteiger partial charge on any atom is 0.223 e. The van der Waals surface area contributed by atoms with Gasteiger partial charge in [-0.25, -0.2) is 0 Å². The Morgan fingerprint density at radius 2 is 2.13 bits per heavy atom. The molecule has 2 rings (SSSR count). The Balaban J connectivity index is 0.00000242. The molecular weight excluding hydrogens is 335 g/mol. The molecule has 0 radical (unpaired) electrons. The topological polar surface area (TPSA) is 59.0 Å². The number of nitrogens with one attached hydrogen (secondary N) is 2. The van der Waals surface area contributed by atoms with Gasteiger partial charge in [-0.3, -0.25) is 9.48 Å². The van der Waals surface area contributed by atoms with Crippen LogP contribution in [-0.2, 0) is 18.3 Å². The molecule has 1 aliphatic rings. The molecule has 2 atom stereocenters. The summed E-state index contributed by atoms with van der Waals surface area (Å²) < 4.78 is 1.89. The normalized spacial score (nSPS) is 18.5. The van der Waals surface area contributed by atoms with Crippen LogP contribution in [0.3, 0.4) is 0 Å². The third-order valence-corrected chi connectivity index (χ3v) is 4.58. The second-order valence-corrected chi connectivity index (χ2v) is 6.34. The van der Waals surface area contributed by atoms with Crippen molar-refractivity contribution in [3.8, 4) is 0 Å². The molecule has 134 valence electrons. The van der Waals surface area contributed by atoms with Crippen LogP contribution >= 0.6 is 24.8 Å². The number of halogens is 2. The molecule has 7 heteroatoms. The van der Waals surface area contributed by atoms with Gasteiger partial charge >= 0.3 is 0 Å². The summed E-state index contributed by atoms with van der Waals surface area (Å²) in [7, 11) is 1.95. The molecule has 2 unspecified atom stereocenters. The van der Waals surface area contributed by atoms with Crippen LogP contribution in [0.4, 0.5) is 0 Å². The molecule has 1 fully saturated rings. The molecule has 23 heavy (non-hydrogen) atoms. The molecule has 0 saturated carbocycles. The van der Waals surface area contributed by atoms with Gasteiger partial charge in [0.25, 0.3) is 0 Å². The van der Waals surface area contributed by atoms with E-state index in [1.54, 1.807) is 0 Å². The molecule has 0 spiro atoms. The fourth-order valence-electron chi connectivity index (χ4n) is 3.03. The molecule has 5 nitrogen and oxygen atoms in total. The molecule has 1 amide bonds. The number of carbonyl (C=O) groups excluding carboxylic acids is 1. The van der Waals surface area contributed by atoms with Gasteiger partial charge in [0.1, 0.15) is 0 Å². The highest BCUT2D eigenvalue weighted by atomic mass is 35.5. The summed E-state index contributed by atoms with van der Waals surface area (Å²) >= 11 is 0. The largest absolute Gasteiger partial charge is 0.356 e. The van der Waals surface area contributed by atoms with Gasteiger partial charge in [-0.1, -0.05) is 6.92 Å².